The summed E-state index contributed by atoms with van der Waals surface area (Å²) in [7, 11) is 1.26. The highest BCUT2D eigenvalue weighted by Gasteiger charge is 2.31. The summed E-state index contributed by atoms with van der Waals surface area (Å²) in [4.78, 5) is 35.8. The van der Waals surface area contributed by atoms with Crippen LogP contribution in [-0.2, 0) is 19.1 Å². The number of amides is 2. The minimum Gasteiger partial charge on any atom is -0.468 e. The molecule has 0 aliphatic carbocycles. The molecule has 0 aromatic carbocycles. The highest BCUT2D eigenvalue weighted by Crippen LogP contribution is 2.15. The summed E-state index contributed by atoms with van der Waals surface area (Å²) in [6.45, 7) is 2.30. The van der Waals surface area contributed by atoms with Gasteiger partial charge in [0.05, 0.1) is 7.11 Å². The second-order valence-corrected chi connectivity index (χ2v) is 3.91. The molecule has 0 spiro atoms. The molecule has 0 unspecified atom stereocenters. The van der Waals surface area contributed by atoms with Gasteiger partial charge in [0.1, 0.15) is 12.6 Å². The van der Waals surface area contributed by atoms with Gasteiger partial charge in [-0.15, -0.1) is 0 Å². The number of carbonyl (C=O) groups is 3. The van der Waals surface area contributed by atoms with Crippen LogP contribution in [0.4, 0.5) is 0 Å². The number of methoxy groups -OCH3 is 1. The zero-order chi connectivity index (χ0) is 12.8. The minimum absolute atomic E-state index is 0.00469. The van der Waals surface area contributed by atoms with Crippen molar-refractivity contribution in [3.63, 3.8) is 0 Å². The first kappa shape index (κ1) is 13.5. The molecule has 96 valence electrons. The molecule has 1 atom stereocenters. The Morgan fingerprint density at radius 2 is 2.24 bits per heavy atom. The Balaban J connectivity index is 2.52. The Labute approximate surface area is 100 Å². The second kappa shape index (κ2) is 6.22. The molecular formula is C11H18N2O4. The zero-order valence-corrected chi connectivity index (χ0v) is 10.2. The van der Waals surface area contributed by atoms with Crippen LogP contribution in [0.25, 0.3) is 0 Å². The summed E-state index contributed by atoms with van der Waals surface area (Å²) in [6, 6.07) is -0.477. The number of nitrogens with zero attached hydrogens (tertiary/aromatic N) is 1. The number of likely N-dealkylation sites (tertiary alicyclic amines) is 1. The minimum atomic E-state index is -0.499. The molecule has 0 aromatic heterocycles. The number of carbonyl (C=O) groups excluding carboxylic acids is 3. The van der Waals surface area contributed by atoms with E-state index in [1.807, 2.05) is 6.92 Å². The number of rotatable bonds is 5. The Hall–Kier alpha value is -1.59. The molecule has 17 heavy (non-hydrogen) atoms. The van der Waals surface area contributed by atoms with Gasteiger partial charge in [-0.3, -0.25) is 14.4 Å². The lowest BCUT2D eigenvalue weighted by atomic mass is 10.2. The monoisotopic (exact) mass is 242 g/mol. The van der Waals surface area contributed by atoms with Crippen molar-refractivity contribution in [2.75, 3.05) is 20.2 Å². The van der Waals surface area contributed by atoms with Crippen LogP contribution in [0.1, 0.15) is 26.2 Å². The summed E-state index contributed by atoms with van der Waals surface area (Å²) in [6.07, 6.45) is 1.83. The lowest BCUT2D eigenvalue weighted by molar-refractivity contribution is -0.142. The van der Waals surface area contributed by atoms with Crippen LogP contribution in [0.3, 0.4) is 0 Å². The van der Waals surface area contributed by atoms with Crippen molar-refractivity contribution in [2.45, 2.75) is 32.2 Å². The predicted molar refractivity (Wildman–Crippen MR) is 60.1 cm³/mol. The summed E-state index contributed by atoms with van der Waals surface area (Å²) in [5.74, 6) is -0.792. The van der Waals surface area contributed by atoms with Gasteiger partial charge in [-0.1, -0.05) is 6.92 Å². The van der Waals surface area contributed by atoms with E-state index in [-0.39, 0.29) is 18.4 Å². The van der Waals surface area contributed by atoms with E-state index in [1.165, 1.54) is 7.11 Å². The summed E-state index contributed by atoms with van der Waals surface area (Å²) < 4.78 is 4.43. The topological polar surface area (TPSA) is 75.7 Å². The number of nitrogens with one attached hydrogen (secondary N) is 1. The van der Waals surface area contributed by atoms with Crippen molar-refractivity contribution in [2.24, 2.45) is 0 Å². The van der Waals surface area contributed by atoms with Gasteiger partial charge in [0, 0.05) is 13.0 Å². The number of esters is 1. The molecule has 0 bridgehead atoms. The molecule has 0 saturated carbocycles. The SMILES string of the molecule is CC[C@H](C(=O)NCC(=O)OC)N1CCCC1=O. The van der Waals surface area contributed by atoms with Gasteiger partial charge in [-0.05, 0) is 12.8 Å². The average Bonchev–Trinajstić information content (AvgIpc) is 2.73. The lowest BCUT2D eigenvalue weighted by Crippen LogP contribution is -2.48. The summed E-state index contributed by atoms with van der Waals surface area (Å²) in [5.41, 5.74) is 0. The van der Waals surface area contributed by atoms with E-state index in [0.29, 0.717) is 19.4 Å². The Kier molecular flexibility index (Phi) is 4.93. The Bertz CT molecular complexity index is 317. The molecule has 0 aromatic rings. The van der Waals surface area contributed by atoms with Gasteiger partial charge in [0.15, 0.2) is 0 Å². The van der Waals surface area contributed by atoms with E-state index in [0.717, 1.165) is 6.42 Å². The molecule has 1 heterocycles. The van der Waals surface area contributed by atoms with Crippen LogP contribution in [0.15, 0.2) is 0 Å². The first-order valence-corrected chi connectivity index (χ1v) is 5.74. The van der Waals surface area contributed by atoms with Crippen LogP contribution < -0.4 is 5.32 Å². The van der Waals surface area contributed by atoms with E-state index in [9.17, 15) is 14.4 Å². The van der Waals surface area contributed by atoms with Crippen molar-refractivity contribution in [3.8, 4) is 0 Å². The molecule has 6 nitrogen and oxygen atoms in total. The van der Waals surface area contributed by atoms with Gasteiger partial charge in [0.2, 0.25) is 11.8 Å². The normalized spacial score (nSPS) is 16.8. The molecular weight excluding hydrogens is 224 g/mol. The molecule has 1 N–H and O–H groups in total. The third-order valence-corrected chi connectivity index (χ3v) is 2.81. The maximum Gasteiger partial charge on any atom is 0.325 e. The van der Waals surface area contributed by atoms with E-state index in [1.54, 1.807) is 4.90 Å². The molecule has 6 heteroatoms. The lowest BCUT2D eigenvalue weighted by Gasteiger charge is -2.25. The first-order chi connectivity index (χ1) is 8.10. The van der Waals surface area contributed by atoms with E-state index in [4.69, 9.17) is 0 Å². The van der Waals surface area contributed by atoms with E-state index < -0.39 is 12.0 Å². The Morgan fingerprint density at radius 1 is 1.53 bits per heavy atom. The average molecular weight is 242 g/mol. The standard InChI is InChI=1S/C11H18N2O4/c1-3-8(13-6-4-5-9(13)14)11(16)12-7-10(15)17-2/h8H,3-7H2,1-2H3,(H,12,16)/t8-/m1/s1. The summed E-state index contributed by atoms with van der Waals surface area (Å²) >= 11 is 0. The van der Waals surface area contributed by atoms with Crippen molar-refractivity contribution in [1.29, 1.82) is 0 Å². The molecule has 0 radical (unpaired) electrons. The summed E-state index contributed by atoms with van der Waals surface area (Å²) in [5, 5.41) is 2.47. The van der Waals surface area contributed by atoms with Crippen LogP contribution in [0.5, 0.6) is 0 Å². The van der Waals surface area contributed by atoms with Crippen molar-refractivity contribution in [3.05, 3.63) is 0 Å². The van der Waals surface area contributed by atoms with Crippen molar-refractivity contribution >= 4 is 17.8 Å². The molecule has 1 aliphatic heterocycles. The first-order valence-electron chi connectivity index (χ1n) is 5.74. The fourth-order valence-electron chi connectivity index (χ4n) is 1.90. The maximum absolute atomic E-state index is 11.8. The van der Waals surface area contributed by atoms with Crippen LogP contribution >= 0.6 is 0 Å². The van der Waals surface area contributed by atoms with Crippen LogP contribution in [0, 0.1) is 0 Å². The fraction of sp³-hybridized carbons (Fsp3) is 0.727. The van der Waals surface area contributed by atoms with Crippen molar-refractivity contribution in [1.82, 2.24) is 10.2 Å². The van der Waals surface area contributed by atoms with Gasteiger partial charge in [-0.25, -0.2) is 0 Å². The molecule has 2 amide bonds. The zero-order valence-electron chi connectivity index (χ0n) is 10.2. The number of hydrogen-bond donors (Lipinski definition) is 1. The third-order valence-electron chi connectivity index (χ3n) is 2.81. The second-order valence-electron chi connectivity index (χ2n) is 3.91. The third kappa shape index (κ3) is 3.44. The fourth-order valence-corrected chi connectivity index (χ4v) is 1.90. The van der Waals surface area contributed by atoms with Crippen LogP contribution in [-0.4, -0.2) is 48.9 Å². The Morgan fingerprint density at radius 3 is 2.71 bits per heavy atom. The van der Waals surface area contributed by atoms with Gasteiger partial charge in [0.25, 0.3) is 0 Å². The van der Waals surface area contributed by atoms with E-state index in [2.05, 4.69) is 10.1 Å². The number of ether oxygens (including phenoxy) is 1. The van der Waals surface area contributed by atoms with E-state index >= 15 is 0 Å². The maximum atomic E-state index is 11.8. The van der Waals surface area contributed by atoms with Gasteiger partial charge >= 0.3 is 5.97 Å². The quantitative estimate of drug-likeness (QED) is 0.670. The predicted octanol–water partition coefficient (Wildman–Crippen LogP) is -0.323. The molecule has 1 aliphatic rings. The van der Waals surface area contributed by atoms with Gasteiger partial charge < -0.3 is 15.0 Å². The highest BCUT2D eigenvalue weighted by atomic mass is 16.5. The molecule has 1 saturated heterocycles. The van der Waals surface area contributed by atoms with Gasteiger partial charge in [-0.2, -0.15) is 0 Å². The molecule has 1 rings (SSSR count). The smallest absolute Gasteiger partial charge is 0.325 e. The molecule has 1 fully saturated rings. The highest BCUT2D eigenvalue weighted by molar-refractivity contribution is 5.90. The van der Waals surface area contributed by atoms with Crippen LogP contribution in [0.2, 0.25) is 0 Å². The largest absolute Gasteiger partial charge is 0.468 e. The number of hydrogen-bond acceptors (Lipinski definition) is 4. The van der Waals surface area contributed by atoms with Crippen molar-refractivity contribution < 1.29 is 19.1 Å².